The number of unbranched alkanes of at least 4 members (excludes halogenated alkanes) is 15. The molecule has 3 rings (SSSR count). The van der Waals surface area contributed by atoms with E-state index in [4.69, 9.17) is 15.6 Å². The lowest BCUT2D eigenvalue weighted by molar-refractivity contribution is 0.103. The fraction of sp³-hybridized carbons (Fsp3) is 0.737. The van der Waals surface area contributed by atoms with E-state index in [0.29, 0.717) is 17.9 Å². The Hall–Kier alpha value is -2.38. The van der Waals surface area contributed by atoms with Crippen molar-refractivity contribution in [3.05, 3.63) is 30.1 Å². The van der Waals surface area contributed by atoms with E-state index in [1.807, 2.05) is 29.0 Å². The van der Waals surface area contributed by atoms with Gasteiger partial charge in [-0.2, -0.15) is 4.73 Å². The van der Waals surface area contributed by atoms with E-state index in [-0.39, 0.29) is 0 Å². The van der Waals surface area contributed by atoms with Crippen LogP contribution >= 0.6 is 0 Å². The summed E-state index contributed by atoms with van der Waals surface area (Å²) >= 11 is 0. The fourth-order valence-electron chi connectivity index (χ4n) is 5.71. The number of aliphatic hydroxyl groups is 1. The van der Waals surface area contributed by atoms with Crippen molar-refractivity contribution in [3.63, 3.8) is 0 Å². The number of fused-ring (bicyclic) bond motifs is 3. The van der Waals surface area contributed by atoms with Crippen molar-refractivity contribution in [1.82, 2.24) is 20.0 Å². The number of nitrogens with two attached hydrogens (primary N) is 1. The second-order valence-electron chi connectivity index (χ2n) is 12.7. The van der Waals surface area contributed by atoms with Gasteiger partial charge in [0.1, 0.15) is 29.7 Å². The Labute approximate surface area is 275 Å². The molecular weight excluding hydrogens is 558 g/mol. The van der Waals surface area contributed by atoms with Gasteiger partial charge in [-0.25, -0.2) is 9.97 Å². The number of imidazole rings is 1. The topological polar surface area (TPSA) is 98.2 Å². The maximum Gasteiger partial charge on any atom is 0.152 e. The molecule has 3 aromatic rings. The predicted molar refractivity (Wildman–Crippen MR) is 194 cm³/mol. The zero-order valence-electron chi connectivity index (χ0n) is 29.4. The zero-order valence-corrected chi connectivity index (χ0v) is 29.4. The van der Waals surface area contributed by atoms with Crippen LogP contribution in [0.15, 0.2) is 24.3 Å². The minimum atomic E-state index is -0.410. The van der Waals surface area contributed by atoms with Gasteiger partial charge in [-0.15, -0.1) is 0 Å². The van der Waals surface area contributed by atoms with Gasteiger partial charge in [0, 0.05) is 11.8 Å². The molecule has 45 heavy (non-hydrogen) atoms. The third-order valence-electron chi connectivity index (χ3n) is 8.51. The second-order valence-corrected chi connectivity index (χ2v) is 12.7. The second kappa shape index (κ2) is 24.8. The molecule has 0 saturated heterocycles. The third-order valence-corrected chi connectivity index (χ3v) is 8.51. The van der Waals surface area contributed by atoms with E-state index in [1.54, 1.807) is 0 Å². The predicted octanol–water partition coefficient (Wildman–Crippen LogP) is 9.91. The third kappa shape index (κ3) is 15.2. The standard InChI is InChI=1S/C24H37N5O2.C14H30/c1-3-5-7-15-21(30)26-16-10-11-17-31-29-20(14-6-4-2)28-22-23(29)18-12-8-9-13-19(18)27-24(22)25;1-3-5-7-9-11-13-14-12-10-8-6-4-2/h8-9,12-13,21,26,30H,3-7,10-11,14-17H2,1-2H3,(H2,25,27);3-14H2,1-2H3. The van der Waals surface area contributed by atoms with E-state index >= 15 is 0 Å². The molecule has 1 aromatic carbocycles. The molecular formula is C38H67N5O2. The summed E-state index contributed by atoms with van der Waals surface area (Å²) in [6.07, 6.45) is 26.0. The van der Waals surface area contributed by atoms with E-state index in [9.17, 15) is 5.11 Å². The van der Waals surface area contributed by atoms with Crippen LogP contribution in [0.4, 0.5) is 5.82 Å². The number of rotatable bonds is 25. The molecule has 4 N–H and O–H groups in total. The van der Waals surface area contributed by atoms with Crippen LogP contribution < -0.4 is 15.9 Å². The maximum absolute atomic E-state index is 9.97. The van der Waals surface area contributed by atoms with Crippen LogP contribution in [0, 0.1) is 0 Å². The van der Waals surface area contributed by atoms with E-state index in [0.717, 1.165) is 73.7 Å². The zero-order chi connectivity index (χ0) is 32.5. The molecule has 0 aliphatic rings. The van der Waals surface area contributed by atoms with Crippen LogP contribution in [-0.4, -0.2) is 39.2 Å². The van der Waals surface area contributed by atoms with Crippen molar-refractivity contribution in [3.8, 4) is 0 Å². The first kappa shape index (κ1) is 38.8. The first-order chi connectivity index (χ1) is 22.1. The molecule has 0 aliphatic carbocycles. The number of nitrogens with one attached hydrogen (secondary N) is 1. The molecule has 7 heteroatoms. The summed E-state index contributed by atoms with van der Waals surface area (Å²) in [6, 6.07) is 7.97. The van der Waals surface area contributed by atoms with Crippen molar-refractivity contribution in [2.24, 2.45) is 0 Å². The monoisotopic (exact) mass is 626 g/mol. The largest absolute Gasteiger partial charge is 0.412 e. The van der Waals surface area contributed by atoms with Crippen molar-refractivity contribution >= 4 is 27.8 Å². The smallest absolute Gasteiger partial charge is 0.152 e. The Balaban J connectivity index is 0.000000426. The number of aromatic nitrogens is 3. The molecule has 1 atom stereocenters. The average molecular weight is 626 g/mol. The van der Waals surface area contributed by atoms with Gasteiger partial charge in [0.2, 0.25) is 0 Å². The fourth-order valence-corrected chi connectivity index (χ4v) is 5.71. The van der Waals surface area contributed by atoms with E-state index < -0.39 is 6.23 Å². The number of pyridine rings is 1. The van der Waals surface area contributed by atoms with Crippen molar-refractivity contribution in [1.29, 1.82) is 0 Å². The normalized spacial score (nSPS) is 12.0. The molecule has 0 saturated carbocycles. The van der Waals surface area contributed by atoms with E-state index in [1.165, 1.54) is 89.9 Å². The number of benzene rings is 1. The summed E-state index contributed by atoms with van der Waals surface area (Å²) in [5.74, 6) is 1.33. The minimum Gasteiger partial charge on any atom is -0.412 e. The van der Waals surface area contributed by atoms with Crippen LogP contribution in [0.5, 0.6) is 0 Å². The van der Waals surface area contributed by atoms with Crippen molar-refractivity contribution < 1.29 is 9.94 Å². The lowest BCUT2D eigenvalue weighted by Crippen LogP contribution is -2.29. The average Bonchev–Trinajstić information content (AvgIpc) is 3.42. The summed E-state index contributed by atoms with van der Waals surface area (Å²) in [6.45, 7) is 10.3. The van der Waals surface area contributed by atoms with Crippen LogP contribution in [0.3, 0.4) is 0 Å². The molecule has 256 valence electrons. The number of aliphatic hydroxyl groups excluding tert-OH is 1. The van der Waals surface area contributed by atoms with Crippen LogP contribution in [0.25, 0.3) is 21.9 Å². The minimum absolute atomic E-state index is 0.410. The Morgan fingerprint density at radius 2 is 1.31 bits per heavy atom. The number of nitrogen functional groups attached to an aromatic ring is 1. The highest BCUT2D eigenvalue weighted by atomic mass is 16.7. The van der Waals surface area contributed by atoms with Gasteiger partial charge in [-0.1, -0.05) is 142 Å². The van der Waals surface area contributed by atoms with Gasteiger partial charge in [-0.3, -0.25) is 5.32 Å². The Morgan fingerprint density at radius 1 is 0.733 bits per heavy atom. The first-order valence-electron chi connectivity index (χ1n) is 18.7. The summed E-state index contributed by atoms with van der Waals surface area (Å²) in [5.41, 5.74) is 8.68. The molecule has 0 aliphatic heterocycles. The highest BCUT2D eigenvalue weighted by Gasteiger charge is 2.18. The number of para-hydroxylation sites is 1. The highest BCUT2D eigenvalue weighted by Crippen LogP contribution is 2.28. The van der Waals surface area contributed by atoms with Crippen molar-refractivity contribution in [2.75, 3.05) is 18.9 Å². The van der Waals surface area contributed by atoms with E-state index in [2.05, 4.69) is 38.0 Å². The molecule has 0 fully saturated rings. The highest BCUT2D eigenvalue weighted by molar-refractivity contribution is 6.06. The molecule has 0 amide bonds. The summed E-state index contributed by atoms with van der Waals surface area (Å²) < 4.78 is 1.87. The van der Waals surface area contributed by atoms with Crippen LogP contribution in [0.2, 0.25) is 0 Å². The molecule has 0 radical (unpaired) electrons. The van der Waals surface area contributed by atoms with Crippen LogP contribution in [-0.2, 0) is 6.42 Å². The lowest BCUT2D eigenvalue weighted by atomic mass is 10.1. The quantitative estimate of drug-likeness (QED) is 0.0640. The number of hydrogen-bond acceptors (Lipinski definition) is 6. The number of anilines is 1. The van der Waals surface area contributed by atoms with Gasteiger partial charge in [0.15, 0.2) is 5.82 Å². The molecule has 0 spiro atoms. The molecule has 1 unspecified atom stereocenters. The van der Waals surface area contributed by atoms with Gasteiger partial charge >= 0.3 is 0 Å². The lowest BCUT2D eigenvalue weighted by Gasteiger charge is -2.14. The van der Waals surface area contributed by atoms with Crippen LogP contribution in [0.1, 0.15) is 162 Å². The Morgan fingerprint density at radius 3 is 1.93 bits per heavy atom. The van der Waals surface area contributed by atoms with Crippen molar-refractivity contribution in [2.45, 2.75) is 169 Å². The molecule has 2 aromatic heterocycles. The Kier molecular flexibility index (Phi) is 21.4. The van der Waals surface area contributed by atoms with Gasteiger partial charge < -0.3 is 15.7 Å². The SMILES string of the molecule is CCCCCC(O)NCCCCOn1c(CCCC)nc2c(N)nc3ccccc3c21.CCCCCCCCCCCCCC. The molecule has 0 bridgehead atoms. The Bertz CT molecular complexity index is 1140. The molecule has 7 nitrogen and oxygen atoms in total. The first-order valence-corrected chi connectivity index (χ1v) is 18.7. The summed E-state index contributed by atoms with van der Waals surface area (Å²) in [5, 5.41) is 14.2. The molecule has 2 heterocycles. The number of aryl methyl sites for hydroxylation is 1. The van der Waals surface area contributed by atoms with Gasteiger partial charge in [0.25, 0.3) is 0 Å². The van der Waals surface area contributed by atoms with Gasteiger partial charge in [-0.05, 0) is 44.7 Å². The summed E-state index contributed by atoms with van der Waals surface area (Å²) in [4.78, 5) is 15.5. The number of nitrogens with zero attached hydrogens (tertiary/aromatic N) is 3. The number of hydrogen-bond donors (Lipinski definition) is 3. The van der Waals surface area contributed by atoms with Gasteiger partial charge in [0.05, 0.1) is 5.52 Å². The maximum atomic E-state index is 9.97. The summed E-state index contributed by atoms with van der Waals surface area (Å²) in [7, 11) is 0.